The molecule has 1 aliphatic carbocycles. The van der Waals surface area contributed by atoms with Crippen molar-refractivity contribution in [3.05, 3.63) is 47.0 Å². The van der Waals surface area contributed by atoms with Gasteiger partial charge in [-0.25, -0.2) is 0 Å². The molecule has 0 fully saturated rings. The van der Waals surface area contributed by atoms with Gasteiger partial charge in [-0.2, -0.15) is 4.79 Å². The van der Waals surface area contributed by atoms with E-state index in [9.17, 15) is 4.79 Å². The molecule has 3 nitrogen and oxygen atoms in total. The molecule has 1 radical (unpaired) electrons. The number of carbonyl (C=O) groups is 1. The third-order valence-electron chi connectivity index (χ3n) is 1.88. The molecule has 0 aromatic heterocycles. The van der Waals surface area contributed by atoms with E-state index in [2.05, 4.69) is 10.9 Å². The molecule has 0 spiro atoms. The summed E-state index contributed by atoms with van der Waals surface area (Å²) in [6, 6.07) is 8.16. The Balaban J connectivity index is 2.74. The largest absolute Gasteiger partial charge is 0.369 e. The molecule has 0 N–H and O–H groups in total. The van der Waals surface area contributed by atoms with Crippen LogP contribution in [0.1, 0.15) is 11.1 Å². The summed E-state index contributed by atoms with van der Waals surface area (Å²) in [5, 5.41) is 0. The maximum absolute atomic E-state index is 11.2. The van der Waals surface area contributed by atoms with E-state index in [4.69, 9.17) is 5.53 Å². The van der Waals surface area contributed by atoms with Crippen LogP contribution in [0.25, 0.3) is 11.6 Å². The number of carbonyl (C=O) groups excluding carboxylic acids is 1. The van der Waals surface area contributed by atoms with E-state index in [0.717, 1.165) is 5.56 Å². The van der Waals surface area contributed by atoms with Crippen molar-refractivity contribution >= 4 is 17.6 Å². The zero-order chi connectivity index (χ0) is 9.26. The molecule has 61 valence electrons. The van der Waals surface area contributed by atoms with E-state index in [1.54, 1.807) is 24.3 Å². The average molecular weight is 169 g/mol. The van der Waals surface area contributed by atoms with Gasteiger partial charge in [0.15, 0.2) is 0 Å². The van der Waals surface area contributed by atoms with Gasteiger partial charge in [0.2, 0.25) is 0 Å². The molecular formula is C10H5N2O. The molecule has 3 heteroatoms. The van der Waals surface area contributed by atoms with Crippen LogP contribution in [0.15, 0.2) is 24.3 Å². The van der Waals surface area contributed by atoms with Gasteiger partial charge < -0.3 is 5.53 Å². The molecule has 0 aliphatic heterocycles. The Labute approximate surface area is 74.9 Å². The molecule has 0 saturated carbocycles. The minimum absolute atomic E-state index is 0.0781. The third-order valence-corrected chi connectivity index (χ3v) is 1.88. The molecule has 0 amide bonds. The zero-order valence-electron chi connectivity index (χ0n) is 6.69. The number of hydrogen-bond donors (Lipinski definition) is 0. The lowest BCUT2D eigenvalue weighted by molar-refractivity contribution is -0.112. The third kappa shape index (κ3) is 1.11. The zero-order valence-corrected chi connectivity index (χ0v) is 6.69. The lowest BCUT2D eigenvalue weighted by Crippen LogP contribution is -2.18. The summed E-state index contributed by atoms with van der Waals surface area (Å²) in [7, 11) is 0. The number of hydrogen-bond acceptors (Lipinski definition) is 1. The van der Waals surface area contributed by atoms with E-state index in [0.29, 0.717) is 5.56 Å². The van der Waals surface area contributed by atoms with Gasteiger partial charge in [0.05, 0.1) is 5.56 Å². The number of nitrogens with zero attached hydrogens (tertiary/aromatic N) is 2. The normalized spacial score (nSPS) is 13.8. The molecule has 13 heavy (non-hydrogen) atoms. The summed E-state index contributed by atoms with van der Waals surface area (Å²) in [5.74, 6) is -0.283. The van der Waals surface area contributed by atoms with Gasteiger partial charge in [-0.3, -0.25) is 4.79 Å². The first-order valence-corrected chi connectivity index (χ1v) is 3.78. The van der Waals surface area contributed by atoms with Crippen molar-refractivity contribution in [2.45, 2.75) is 0 Å². The Kier molecular flexibility index (Phi) is 1.65. The fourth-order valence-corrected chi connectivity index (χ4v) is 1.27. The minimum Gasteiger partial charge on any atom is -0.361 e. The Bertz CT molecular complexity index is 454. The molecule has 1 aliphatic rings. The molecule has 0 bridgehead atoms. The second kappa shape index (κ2) is 2.81. The smallest absolute Gasteiger partial charge is 0.361 e. The summed E-state index contributed by atoms with van der Waals surface area (Å²) in [5.41, 5.74) is 10.1. The summed E-state index contributed by atoms with van der Waals surface area (Å²) in [4.78, 5) is 14.2. The number of fused-ring (bicyclic) bond motifs is 1. The first-order chi connectivity index (χ1) is 6.33. The van der Waals surface area contributed by atoms with Crippen molar-refractivity contribution in [3.8, 4) is 0 Å². The van der Waals surface area contributed by atoms with Gasteiger partial charge >= 0.3 is 5.71 Å². The van der Waals surface area contributed by atoms with Crippen LogP contribution in [0.3, 0.4) is 0 Å². The fourth-order valence-electron chi connectivity index (χ4n) is 1.27. The maximum atomic E-state index is 11.2. The van der Waals surface area contributed by atoms with Crippen LogP contribution in [0.5, 0.6) is 0 Å². The Morgan fingerprint density at radius 2 is 2.23 bits per heavy atom. The van der Waals surface area contributed by atoms with Crippen LogP contribution in [-0.4, -0.2) is 16.3 Å². The fraction of sp³-hybridized carbons (Fsp3) is 0. The topological polar surface area (TPSA) is 53.5 Å². The number of rotatable bonds is 0. The Morgan fingerprint density at radius 1 is 1.38 bits per heavy atom. The monoisotopic (exact) mass is 169 g/mol. The highest BCUT2D eigenvalue weighted by atomic mass is 16.1. The summed E-state index contributed by atoms with van der Waals surface area (Å²) >= 11 is 0. The Hall–Kier alpha value is -1.99. The molecule has 0 unspecified atom stereocenters. The van der Waals surface area contributed by atoms with Gasteiger partial charge in [0.25, 0.3) is 5.78 Å². The number of allylic oxidation sites excluding steroid dienone is 1. The molecule has 0 saturated heterocycles. The van der Waals surface area contributed by atoms with Gasteiger partial charge in [0.1, 0.15) is 0 Å². The molecule has 0 atom stereocenters. The quantitative estimate of drug-likeness (QED) is 0.424. The van der Waals surface area contributed by atoms with Crippen LogP contribution in [0.2, 0.25) is 0 Å². The first-order valence-electron chi connectivity index (χ1n) is 3.78. The highest BCUT2D eigenvalue weighted by Gasteiger charge is 2.25. The van der Waals surface area contributed by atoms with E-state index in [1.807, 2.05) is 0 Å². The van der Waals surface area contributed by atoms with Crippen molar-refractivity contribution < 1.29 is 9.58 Å². The van der Waals surface area contributed by atoms with Crippen LogP contribution >= 0.6 is 0 Å². The average Bonchev–Trinajstić information content (AvgIpc) is 2.18. The van der Waals surface area contributed by atoms with Crippen molar-refractivity contribution in [2.75, 3.05) is 0 Å². The Morgan fingerprint density at radius 3 is 3.00 bits per heavy atom. The molecule has 2 rings (SSSR count). The highest BCUT2D eigenvalue weighted by molar-refractivity contribution is 6.50. The van der Waals surface area contributed by atoms with Crippen LogP contribution in [-0.2, 0) is 4.79 Å². The molecule has 0 heterocycles. The lowest BCUT2D eigenvalue weighted by Gasteiger charge is -2.02. The minimum atomic E-state index is -0.283. The number of benzene rings is 1. The van der Waals surface area contributed by atoms with E-state index in [-0.39, 0.29) is 11.5 Å². The van der Waals surface area contributed by atoms with Crippen molar-refractivity contribution in [3.63, 3.8) is 0 Å². The van der Waals surface area contributed by atoms with Gasteiger partial charge in [-0.1, -0.05) is 12.1 Å². The second-order valence-electron chi connectivity index (χ2n) is 2.64. The van der Waals surface area contributed by atoms with Crippen LogP contribution < -0.4 is 0 Å². The lowest BCUT2D eigenvalue weighted by atomic mass is 9.95. The van der Waals surface area contributed by atoms with E-state index < -0.39 is 0 Å². The van der Waals surface area contributed by atoms with Crippen LogP contribution in [0, 0.1) is 6.07 Å². The van der Waals surface area contributed by atoms with E-state index >= 15 is 0 Å². The molecular weight excluding hydrogens is 164 g/mol. The van der Waals surface area contributed by atoms with Gasteiger partial charge in [-0.15, -0.1) is 0 Å². The molecule has 1 aromatic rings. The summed E-state index contributed by atoms with van der Waals surface area (Å²) in [6.45, 7) is 0. The highest BCUT2D eigenvalue weighted by Crippen LogP contribution is 2.15. The van der Waals surface area contributed by atoms with Gasteiger partial charge in [-0.05, 0) is 29.8 Å². The van der Waals surface area contributed by atoms with E-state index in [1.165, 1.54) is 6.08 Å². The first kappa shape index (κ1) is 7.65. The van der Waals surface area contributed by atoms with Crippen molar-refractivity contribution in [1.29, 1.82) is 0 Å². The molecule has 1 aromatic carbocycles. The standard InChI is InChI=1S/C10H5N2O/c11-12-10-8-4-2-1-3-7(8)5-6-9(10)13/h1-2,4-6H. The van der Waals surface area contributed by atoms with Crippen molar-refractivity contribution in [2.24, 2.45) is 0 Å². The van der Waals surface area contributed by atoms with Crippen molar-refractivity contribution in [1.82, 2.24) is 0 Å². The van der Waals surface area contributed by atoms with Gasteiger partial charge in [0, 0.05) is 0 Å². The maximum Gasteiger partial charge on any atom is 0.369 e. The second-order valence-corrected chi connectivity index (χ2v) is 2.64. The SMILES string of the molecule is [N-]=[N+]=C1C(=O)C=Cc2[c]cccc21. The number of ketones is 1. The predicted octanol–water partition coefficient (Wildman–Crippen LogP) is 1.10. The predicted molar refractivity (Wildman–Crippen MR) is 47.0 cm³/mol. The summed E-state index contributed by atoms with van der Waals surface area (Å²) in [6.07, 6.45) is 3.03. The van der Waals surface area contributed by atoms with Crippen LogP contribution in [0.4, 0.5) is 0 Å². The summed E-state index contributed by atoms with van der Waals surface area (Å²) < 4.78 is 0.